The summed E-state index contributed by atoms with van der Waals surface area (Å²) in [4.78, 5) is 6.83. The predicted octanol–water partition coefficient (Wildman–Crippen LogP) is 5.32. The second-order valence-corrected chi connectivity index (χ2v) is 8.73. The highest BCUT2D eigenvalue weighted by Gasteiger charge is 2.19. The Kier molecular flexibility index (Phi) is 8.00. The highest BCUT2D eigenvalue weighted by Crippen LogP contribution is 2.29. The lowest BCUT2D eigenvalue weighted by atomic mass is 10.1. The molecular formula is C27H31ClN6O. The van der Waals surface area contributed by atoms with Crippen LogP contribution >= 0.6 is 12.4 Å². The van der Waals surface area contributed by atoms with Crippen molar-refractivity contribution in [3.63, 3.8) is 0 Å². The van der Waals surface area contributed by atoms with Gasteiger partial charge in [-0.25, -0.2) is 4.98 Å². The molecule has 0 bridgehead atoms. The van der Waals surface area contributed by atoms with E-state index in [1.807, 2.05) is 48.0 Å². The van der Waals surface area contributed by atoms with Crippen molar-refractivity contribution in [2.75, 3.05) is 32.1 Å². The predicted molar refractivity (Wildman–Crippen MR) is 142 cm³/mol. The number of aromatic nitrogens is 4. The van der Waals surface area contributed by atoms with E-state index in [1.165, 1.54) is 18.4 Å². The molecule has 35 heavy (non-hydrogen) atoms. The number of hydrogen-bond donors (Lipinski definition) is 1. The molecule has 1 N–H and O–H groups in total. The Morgan fingerprint density at radius 1 is 1.00 bits per heavy atom. The minimum Gasteiger partial charge on any atom is -0.495 e. The maximum Gasteiger partial charge on any atom is 0.149 e. The number of halogens is 1. The van der Waals surface area contributed by atoms with E-state index in [-0.39, 0.29) is 18.4 Å². The Morgan fingerprint density at radius 3 is 2.46 bits per heavy atom. The van der Waals surface area contributed by atoms with E-state index in [4.69, 9.17) is 4.74 Å². The zero-order valence-corrected chi connectivity index (χ0v) is 20.9. The van der Waals surface area contributed by atoms with Crippen LogP contribution in [-0.4, -0.2) is 51.4 Å². The van der Waals surface area contributed by atoms with E-state index in [2.05, 4.69) is 55.7 Å². The Hall–Kier alpha value is -3.42. The van der Waals surface area contributed by atoms with Gasteiger partial charge in [0.2, 0.25) is 0 Å². The SMILES string of the molecule is COc1cc(-c2ccc(NC(CN3CCCC3)c3ccccc3)nn2)ccc1-n1cnc(C)c1.Cl. The monoisotopic (exact) mass is 490 g/mol. The van der Waals surface area contributed by atoms with Crippen molar-refractivity contribution in [2.24, 2.45) is 0 Å². The molecule has 0 radical (unpaired) electrons. The quantitative estimate of drug-likeness (QED) is 0.360. The Labute approximate surface area is 212 Å². The second kappa shape index (κ2) is 11.3. The topological polar surface area (TPSA) is 68.1 Å². The third kappa shape index (κ3) is 5.81. The Balaban J connectivity index is 0.00000289. The van der Waals surface area contributed by atoms with E-state index in [0.717, 1.165) is 53.8 Å². The first kappa shape index (κ1) is 24.7. The summed E-state index contributed by atoms with van der Waals surface area (Å²) in [5.74, 6) is 1.53. The van der Waals surface area contributed by atoms with Gasteiger partial charge >= 0.3 is 0 Å². The smallest absolute Gasteiger partial charge is 0.149 e. The van der Waals surface area contributed by atoms with Gasteiger partial charge in [-0.1, -0.05) is 36.4 Å². The van der Waals surface area contributed by atoms with Gasteiger partial charge in [0.15, 0.2) is 0 Å². The third-order valence-corrected chi connectivity index (χ3v) is 6.29. The number of imidazole rings is 1. The molecule has 2 aromatic carbocycles. The molecule has 0 spiro atoms. The number of hydrogen-bond acceptors (Lipinski definition) is 6. The fourth-order valence-corrected chi connectivity index (χ4v) is 4.49. The van der Waals surface area contributed by atoms with Crippen molar-refractivity contribution in [1.29, 1.82) is 0 Å². The average Bonchev–Trinajstić information content (AvgIpc) is 3.56. The second-order valence-electron chi connectivity index (χ2n) is 8.73. The van der Waals surface area contributed by atoms with Gasteiger partial charge in [0.1, 0.15) is 11.6 Å². The molecule has 7 nitrogen and oxygen atoms in total. The minimum absolute atomic E-state index is 0. The maximum atomic E-state index is 5.65. The summed E-state index contributed by atoms with van der Waals surface area (Å²) in [5.41, 5.74) is 4.90. The van der Waals surface area contributed by atoms with Gasteiger partial charge in [0, 0.05) is 18.3 Å². The normalized spacial score (nSPS) is 14.3. The number of methoxy groups -OCH3 is 1. The van der Waals surface area contributed by atoms with Crippen LogP contribution in [0.5, 0.6) is 5.75 Å². The van der Waals surface area contributed by atoms with Crippen molar-refractivity contribution in [3.05, 3.63) is 84.4 Å². The number of benzene rings is 2. The van der Waals surface area contributed by atoms with Gasteiger partial charge in [-0.2, -0.15) is 0 Å². The first-order chi connectivity index (χ1) is 16.7. The fraction of sp³-hybridized carbons (Fsp3) is 0.296. The molecule has 0 amide bonds. The van der Waals surface area contributed by atoms with E-state index < -0.39 is 0 Å². The largest absolute Gasteiger partial charge is 0.495 e. The van der Waals surface area contributed by atoms with Crippen LogP contribution in [0.2, 0.25) is 0 Å². The van der Waals surface area contributed by atoms with Crippen molar-refractivity contribution in [1.82, 2.24) is 24.6 Å². The summed E-state index contributed by atoms with van der Waals surface area (Å²) in [6.07, 6.45) is 6.32. The van der Waals surface area contributed by atoms with Crippen molar-refractivity contribution in [3.8, 4) is 22.7 Å². The third-order valence-electron chi connectivity index (χ3n) is 6.29. The molecule has 0 saturated carbocycles. The molecule has 1 saturated heterocycles. The van der Waals surface area contributed by atoms with E-state index in [1.54, 1.807) is 13.4 Å². The summed E-state index contributed by atoms with van der Waals surface area (Å²) in [5, 5.41) is 12.6. The van der Waals surface area contributed by atoms with Crippen LogP contribution in [-0.2, 0) is 0 Å². The Morgan fingerprint density at radius 2 is 1.80 bits per heavy atom. The van der Waals surface area contributed by atoms with Crippen LogP contribution in [0.4, 0.5) is 5.82 Å². The van der Waals surface area contributed by atoms with Gasteiger partial charge in [-0.3, -0.25) is 0 Å². The van der Waals surface area contributed by atoms with E-state index in [0.29, 0.717) is 0 Å². The lowest BCUT2D eigenvalue weighted by Crippen LogP contribution is -2.29. The molecule has 1 aliphatic rings. The van der Waals surface area contributed by atoms with Crippen molar-refractivity contribution < 1.29 is 4.74 Å². The number of nitrogens with one attached hydrogen (secondary N) is 1. The highest BCUT2D eigenvalue weighted by molar-refractivity contribution is 5.85. The molecule has 2 aromatic heterocycles. The first-order valence-corrected chi connectivity index (χ1v) is 11.8. The molecule has 8 heteroatoms. The van der Waals surface area contributed by atoms with Crippen LogP contribution in [0.25, 0.3) is 16.9 Å². The molecule has 1 fully saturated rings. The van der Waals surface area contributed by atoms with Crippen LogP contribution in [0.3, 0.4) is 0 Å². The van der Waals surface area contributed by atoms with Crippen molar-refractivity contribution >= 4 is 18.2 Å². The molecule has 3 heterocycles. The molecule has 182 valence electrons. The molecule has 1 unspecified atom stereocenters. The molecule has 5 rings (SSSR count). The number of nitrogens with zero attached hydrogens (tertiary/aromatic N) is 5. The number of anilines is 1. The lowest BCUT2D eigenvalue weighted by molar-refractivity contribution is 0.323. The minimum atomic E-state index is 0. The summed E-state index contributed by atoms with van der Waals surface area (Å²) in [7, 11) is 1.68. The standard InChI is InChI=1S/C27H30N6O.ClH/c1-20-17-33(19-28-20)25-12-10-22(16-26(25)34-2)23-11-13-27(31-30-23)29-24(18-32-14-6-7-15-32)21-8-4-3-5-9-21;/h3-5,8-13,16-17,19,24H,6-7,14-15,18H2,1-2H3,(H,29,31);1H. The van der Waals surface area contributed by atoms with Gasteiger partial charge in [-0.15, -0.1) is 22.6 Å². The number of ether oxygens (including phenoxy) is 1. The lowest BCUT2D eigenvalue weighted by Gasteiger charge is -2.25. The summed E-state index contributed by atoms with van der Waals surface area (Å²) in [6.45, 7) is 5.24. The Bertz CT molecular complexity index is 1220. The molecule has 4 aromatic rings. The summed E-state index contributed by atoms with van der Waals surface area (Å²) >= 11 is 0. The fourth-order valence-electron chi connectivity index (χ4n) is 4.49. The van der Waals surface area contributed by atoms with Crippen molar-refractivity contribution in [2.45, 2.75) is 25.8 Å². The zero-order valence-electron chi connectivity index (χ0n) is 20.1. The van der Waals surface area contributed by atoms with Crippen LogP contribution in [0, 0.1) is 6.92 Å². The molecule has 0 aliphatic carbocycles. The van der Waals surface area contributed by atoms with Crippen LogP contribution in [0.1, 0.15) is 30.1 Å². The average molecular weight is 491 g/mol. The summed E-state index contributed by atoms with van der Waals surface area (Å²) in [6, 6.07) is 20.8. The number of aryl methyl sites for hydroxylation is 1. The van der Waals surface area contributed by atoms with Gasteiger partial charge in [-0.05, 0) is 62.7 Å². The maximum absolute atomic E-state index is 5.65. The summed E-state index contributed by atoms with van der Waals surface area (Å²) < 4.78 is 7.61. The molecular weight excluding hydrogens is 460 g/mol. The highest BCUT2D eigenvalue weighted by atomic mass is 35.5. The van der Waals surface area contributed by atoms with Crippen LogP contribution in [0.15, 0.2) is 73.2 Å². The van der Waals surface area contributed by atoms with Gasteiger partial charge in [0.25, 0.3) is 0 Å². The number of rotatable bonds is 8. The van der Waals surface area contributed by atoms with Crippen LogP contribution < -0.4 is 10.1 Å². The van der Waals surface area contributed by atoms with E-state index >= 15 is 0 Å². The van der Waals surface area contributed by atoms with E-state index in [9.17, 15) is 0 Å². The molecule has 1 atom stereocenters. The molecule has 1 aliphatic heterocycles. The van der Waals surface area contributed by atoms with Gasteiger partial charge in [0.05, 0.1) is 36.6 Å². The van der Waals surface area contributed by atoms with Gasteiger partial charge < -0.3 is 19.5 Å². The first-order valence-electron chi connectivity index (χ1n) is 11.8. The zero-order chi connectivity index (χ0) is 23.3. The number of likely N-dealkylation sites (tertiary alicyclic amines) is 1.